The van der Waals surface area contributed by atoms with Gasteiger partial charge in [0.05, 0.1) is 0 Å². The Kier molecular flexibility index (Phi) is 4.57. The molecule has 0 unspecified atom stereocenters. The van der Waals surface area contributed by atoms with Crippen molar-refractivity contribution in [1.29, 1.82) is 0 Å². The van der Waals surface area contributed by atoms with Crippen LogP contribution in [0.15, 0.2) is 30.3 Å². The van der Waals surface area contributed by atoms with Crippen molar-refractivity contribution in [1.82, 2.24) is 0 Å². The molecule has 0 amide bonds. The number of hydrogen-bond donors (Lipinski definition) is 0. The van der Waals surface area contributed by atoms with Crippen molar-refractivity contribution < 1.29 is 40.8 Å². The summed E-state index contributed by atoms with van der Waals surface area (Å²) in [5.41, 5.74) is 1.07. The minimum atomic E-state index is 0. The molecule has 0 atom stereocenters. The van der Waals surface area contributed by atoms with Gasteiger partial charge in [-0.1, -0.05) is 6.07 Å². The first-order valence-electron chi connectivity index (χ1n) is 2.26. The third-order valence-electron chi connectivity index (χ3n) is 0.843. The Morgan fingerprint density at radius 2 is 1.50 bits per heavy atom. The summed E-state index contributed by atoms with van der Waals surface area (Å²) in [7, 11) is 0. The molecule has 0 bridgehead atoms. The zero-order valence-electron chi connectivity index (χ0n) is 4.59. The molecule has 1 rings (SSSR count). The van der Waals surface area contributed by atoms with Crippen LogP contribution in [0.2, 0.25) is 0 Å². The number of benzene rings is 1. The summed E-state index contributed by atoms with van der Waals surface area (Å²) in [6.45, 7) is 3.72. The van der Waals surface area contributed by atoms with E-state index in [0.717, 1.165) is 5.56 Å². The Morgan fingerprint density at radius 3 is 1.75 bits per heavy atom. The van der Waals surface area contributed by atoms with E-state index < -0.39 is 0 Å². The van der Waals surface area contributed by atoms with Gasteiger partial charge in [-0.3, -0.25) is 0 Å². The molecule has 1 heteroatoms. The summed E-state index contributed by atoms with van der Waals surface area (Å²) in [6, 6.07) is 9.87. The van der Waals surface area contributed by atoms with Gasteiger partial charge in [0.2, 0.25) is 0 Å². The molecule has 0 aliphatic rings. The Morgan fingerprint density at radius 1 is 1.00 bits per heavy atom. The van der Waals surface area contributed by atoms with Crippen LogP contribution in [0.1, 0.15) is 5.56 Å². The van der Waals surface area contributed by atoms with E-state index in [0.29, 0.717) is 0 Å². The maximum atomic E-state index is 3.72. The van der Waals surface area contributed by atoms with E-state index in [2.05, 4.69) is 6.92 Å². The molecule has 0 heterocycles. The second-order valence-corrected chi connectivity index (χ2v) is 1.49. The van der Waals surface area contributed by atoms with E-state index in [1.54, 1.807) is 0 Å². The van der Waals surface area contributed by atoms with Gasteiger partial charge in [0.15, 0.2) is 0 Å². The molecule has 1 aromatic rings. The molecule has 0 aliphatic carbocycles. The summed E-state index contributed by atoms with van der Waals surface area (Å²) in [6.07, 6.45) is 0. The van der Waals surface area contributed by atoms with E-state index >= 15 is 0 Å². The first-order chi connectivity index (χ1) is 3.39. The molecule has 8 heavy (non-hydrogen) atoms. The third kappa shape index (κ3) is 2.68. The first kappa shape index (κ1) is 8.44. The fourth-order valence-corrected chi connectivity index (χ4v) is 0.478. The molecular weight excluding hydrogens is 228 g/mol. The van der Waals surface area contributed by atoms with Gasteiger partial charge >= 0.3 is 0 Å². The average molecular weight is 235 g/mol. The van der Waals surface area contributed by atoms with Gasteiger partial charge in [-0.2, -0.15) is 24.6 Å². The predicted octanol–water partition coefficient (Wildman–Crippen LogP) is 1.87. The molecule has 0 aromatic heterocycles. The van der Waals surface area contributed by atoms with E-state index in [9.17, 15) is 0 Å². The zero-order valence-corrected chi connectivity index (χ0v) is 7.80. The van der Waals surface area contributed by atoms with Crippen molar-refractivity contribution in [2.24, 2.45) is 0 Å². The summed E-state index contributed by atoms with van der Waals surface area (Å²) in [5, 5.41) is 0. The summed E-state index contributed by atoms with van der Waals surface area (Å²) >= 11 is 0. The topological polar surface area (TPSA) is 0 Å². The van der Waals surface area contributed by atoms with Crippen LogP contribution in [0.3, 0.4) is 0 Å². The summed E-state index contributed by atoms with van der Waals surface area (Å²) in [5.74, 6) is 0. The van der Waals surface area contributed by atoms with Crippen molar-refractivity contribution >= 4 is 0 Å². The molecule has 0 fully saturated rings. The van der Waals surface area contributed by atoms with Gasteiger partial charge in [0, 0.05) is 40.8 Å². The Balaban J connectivity index is 0.000000490. The van der Waals surface area contributed by atoms with Crippen molar-refractivity contribution in [3.63, 3.8) is 0 Å². The molecule has 40 valence electrons. The fraction of sp³-hybridized carbons (Fsp3) is 0. The standard InChI is InChI=1S/C7H7.Nd/c1-7-5-3-2-4-6-7;/h2-6H,1H2;/q-1;. The van der Waals surface area contributed by atoms with Crippen molar-refractivity contribution in [2.75, 3.05) is 0 Å². The third-order valence-corrected chi connectivity index (χ3v) is 0.843. The minimum absolute atomic E-state index is 0. The van der Waals surface area contributed by atoms with Crippen LogP contribution in [0, 0.1) is 47.8 Å². The van der Waals surface area contributed by atoms with Crippen LogP contribution in [-0.2, 0) is 0 Å². The summed E-state index contributed by atoms with van der Waals surface area (Å²) < 4.78 is 0. The summed E-state index contributed by atoms with van der Waals surface area (Å²) in [4.78, 5) is 0. The fourth-order valence-electron chi connectivity index (χ4n) is 0.478. The molecule has 0 saturated heterocycles. The predicted molar refractivity (Wildman–Crippen MR) is 30.9 cm³/mol. The molecule has 0 radical (unpaired) electrons. The maximum absolute atomic E-state index is 3.72. The van der Waals surface area contributed by atoms with E-state index in [4.69, 9.17) is 0 Å². The molecular formula is C7H7Nd-. The quantitative estimate of drug-likeness (QED) is 0.602. The Hall–Kier alpha value is 0.441. The van der Waals surface area contributed by atoms with Crippen molar-refractivity contribution in [3.05, 3.63) is 42.8 Å². The Labute approximate surface area is 82.8 Å². The van der Waals surface area contributed by atoms with Gasteiger partial charge in [-0.25, -0.2) is 0 Å². The normalized spacial score (nSPS) is 7.50. The van der Waals surface area contributed by atoms with Gasteiger partial charge in [-0.05, 0) is 0 Å². The van der Waals surface area contributed by atoms with Crippen LogP contribution in [0.25, 0.3) is 0 Å². The first-order valence-corrected chi connectivity index (χ1v) is 2.26. The van der Waals surface area contributed by atoms with Crippen LogP contribution in [0.4, 0.5) is 0 Å². The maximum Gasteiger partial charge on any atom is 0 e. The van der Waals surface area contributed by atoms with Gasteiger partial charge in [0.1, 0.15) is 0 Å². The molecule has 0 aliphatic heterocycles. The monoisotopic (exact) mass is 233 g/mol. The number of hydrogen-bond acceptors (Lipinski definition) is 0. The number of rotatable bonds is 0. The smallest absolute Gasteiger partial charge is 0 e. The van der Waals surface area contributed by atoms with E-state index in [1.807, 2.05) is 30.3 Å². The van der Waals surface area contributed by atoms with E-state index in [-0.39, 0.29) is 40.8 Å². The molecule has 0 N–H and O–H groups in total. The molecule has 0 spiro atoms. The zero-order chi connectivity index (χ0) is 5.11. The van der Waals surface area contributed by atoms with Gasteiger partial charge in [-0.15, -0.1) is 12.1 Å². The largest absolute Gasteiger partial charge is 0.199 e. The minimum Gasteiger partial charge on any atom is -0.199 e. The second kappa shape index (κ2) is 4.33. The Bertz CT molecular complexity index is 134. The van der Waals surface area contributed by atoms with E-state index in [1.165, 1.54) is 0 Å². The molecule has 0 nitrogen and oxygen atoms in total. The van der Waals surface area contributed by atoms with Crippen LogP contribution in [-0.4, -0.2) is 0 Å². The van der Waals surface area contributed by atoms with Crippen molar-refractivity contribution in [3.8, 4) is 0 Å². The second-order valence-electron chi connectivity index (χ2n) is 1.49. The van der Waals surface area contributed by atoms with Gasteiger partial charge in [0.25, 0.3) is 0 Å². The molecule has 1 aromatic carbocycles. The van der Waals surface area contributed by atoms with Gasteiger partial charge < -0.3 is 0 Å². The van der Waals surface area contributed by atoms with Crippen LogP contribution >= 0.6 is 0 Å². The van der Waals surface area contributed by atoms with Crippen molar-refractivity contribution in [2.45, 2.75) is 0 Å². The van der Waals surface area contributed by atoms with Crippen LogP contribution < -0.4 is 0 Å². The average Bonchev–Trinajstić information content (AvgIpc) is 1.69. The van der Waals surface area contributed by atoms with Crippen LogP contribution in [0.5, 0.6) is 0 Å². The molecule has 0 saturated carbocycles. The SMILES string of the molecule is [CH2-]c1ccccc1.[Nd].